The molecule has 0 amide bonds. The number of nitrogens with zero attached hydrogens (tertiary/aromatic N) is 8. The van der Waals surface area contributed by atoms with Crippen LogP contribution in [0.4, 0.5) is 0 Å². The van der Waals surface area contributed by atoms with Crippen LogP contribution in [0.5, 0.6) is 0 Å². The molecule has 4 rings (SSSR count). The summed E-state index contributed by atoms with van der Waals surface area (Å²) in [6.45, 7) is 0.496. The number of aromatic carboxylic acids is 2. The van der Waals surface area contributed by atoms with Crippen LogP contribution in [-0.2, 0) is 13.1 Å². The second-order valence-electron chi connectivity index (χ2n) is 6.25. The molecule has 0 unspecified atom stereocenters. The van der Waals surface area contributed by atoms with Gasteiger partial charge < -0.3 is 10.2 Å². The third kappa shape index (κ3) is 4.01. The summed E-state index contributed by atoms with van der Waals surface area (Å²) in [4.78, 5) is 24.3. The average molecular weight is 406 g/mol. The minimum Gasteiger partial charge on any atom is -0.475 e. The van der Waals surface area contributed by atoms with Crippen LogP contribution in [-0.4, -0.2) is 62.6 Å². The molecule has 0 bridgehead atoms. The predicted molar refractivity (Wildman–Crippen MR) is 99.6 cm³/mol. The SMILES string of the molecule is O=C(O)c1nnn(Cc2cccc(-c3ccccc3Cn3nnc(C(=O)O)n3)c2)n1. The number of carboxylic acid groups (broad SMARTS) is 2. The van der Waals surface area contributed by atoms with Gasteiger partial charge in [-0.3, -0.25) is 0 Å². The van der Waals surface area contributed by atoms with Crippen LogP contribution in [0.3, 0.4) is 0 Å². The highest BCUT2D eigenvalue weighted by Crippen LogP contribution is 2.25. The molecule has 0 spiro atoms. The van der Waals surface area contributed by atoms with Crippen LogP contribution in [0.1, 0.15) is 32.4 Å². The van der Waals surface area contributed by atoms with Crippen LogP contribution >= 0.6 is 0 Å². The van der Waals surface area contributed by atoms with Gasteiger partial charge in [0.2, 0.25) is 0 Å². The summed E-state index contributed by atoms with van der Waals surface area (Å²) in [5.41, 5.74) is 3.53. The van der Waals surface area contributed by atoms with E-state index >= 15 is 0 Å². The van der Waals surface area contributed by atoms with E-state index in [1.54, 1.807) is 0 Å². The van der Waals surface area contributed by atoms with E-state index in [1.807, 2.05) is 48.5 Å². The van der Waals surface area contributed by atoms with E-state index in [0.717, 1.165) is 22.3 Å². The van der Waals surface area contributed by atoms with E-state index < -0.39 is 11.9 Å². The zero-order chi connectivity index (χ0) is 21.1. The van der Waals surface area contributed by atoms with Gasteiger partial charge >= 0.3 is 11.9 Å². The van der Waals surface area contributed by atoms with E-state index in [0.29, 0.717) is 0 Å². The first-order chi connectivity index (χ1) is 14.5. The molecule has 0 saturated heterocycles. The zero-order valence-corrected chi connectivity index (χ0v) is 15.3. The molecular weight excluding hydrogens is 392 g/mol. The van der Waals surface area contributed by atoms with Crippen molar-refractivity contribution in [3.8, 4) is 11.1 Å². The Bertz CT molecular complexity index is 1230. The van der Waals surface area contributed by atoms with Gasteiger partial charge in [-0.1, -0.05) is 42.5 Å². The number of hydrogen-bond donors (Lipinski definition) is 2. The molecule has 0 aliphatic heterocycles. The van der Waals surface area contributed by atoms with Crippen molar-refractivity contribution in [3.63, 3.8) is 0 Å². The Morgan fingerprint density at radius 2 is 1.43 bits per heavy atom. The smallest absolute Gasteiger partial charge is 0.377 e. The van der Waals surface area contributed by atoms with Gasteiger partial charge in [0, 0.05) is 0 Å². The van der Waals surface area contributed by atoms with Gasteiger partial charge in [0.15, 0.2) is 0 Å². The van der Waals surface area contributed by atoms with E-state index in [4.69, 9.17) is 10.2 Å². The van der Waals surface area contributed by atoms with Crippen molar-refractivity contribution in [2.45, 2.75) is 13.1 Å². The molecule has 2 heterocycles. The fraction of sp³-hybridized carbons (Fsp3) is 0.111. The lowest BCUT2D eigenvalue weighted by Gasteiger charge is -2.10. The molecule has 0 saturated carbocycles. The van der Waals surface area contributed by atoms with Gasteiger partial charge in [0.1, 0.15) is 0 Å². The number of hydrogen-bond acceptors (Lipinski definition) is 8. The maximum atomic E-state index is 11.0. The van der Waals surface area contributed by atoms with Crippen LogP contribution in [0.15, 0.2) is 48.5 Å². The molecule has 2 aromatic heterocycles. The molecule has 2 N–H and O–H groups in total. The molecule has 30 heavy (non-hydrogen) atoms. The van der Waals surface area contributed by atoms with Gasteiger partial charge in [0.05, 0.1) is 13.1 Å². The molecule has 0 aliphatic carbocycles. The van der Waals surface area contributed by atoms with Crippen molar-refractivity contribution in [2.75, 3.05) is 0 Å². The molecule has 0 radical (unpaired) electrons. The highest BCUT2D eigenvalue weighted by atomic mass is 16.4. The molecule has 150 valence electrons. The van der Waals surface area contributed by atoms with Crippen molar-refractivity contribution in [3.05, 3.63) is 71.3 Å². The number of benzene rings is 2. The zero-order valence-electron chi connectivity index (χ0n) is 15.3. The quantitative estimate of drug-likeness (QED) is 0.449. The molecule has 0 atom stereocenters. The summed E-state index contributed by atoms with van der Waals surface area (Å²) in [5.74, 6) is -3.21. The highest BCUT2D eigenvalue weighted by molar-refractivity contribution is 5.82. The van der Waals surface area contributed by atoms with Crippen LogP contribution < -0.4 is 0 Å². The fourth-order valence-corrected chi connectivity index (χ4v) is 2.88. The molecule has 0 fully saturated rings. The van der Waals surface area contributed by atoms with E-state index in [2.05, 4.69) is 30.8 Å². The van der Waals surface area contributed by atoms with Crippen molar-refractivity contribution in [2.24, 2.45) is 0 Å². The summed E-state index contributed by atoms with van der Waals surface area (Å²) in [7, 11) is 0. The van der Waals surface area contributed by atoms with Crippen molar-refractivity contribution >= 4 is 11.9 Å². The number of carbonyl (C=O) groups is 2. The van der Waals surface area contributed by atoms with Crippen molar-refractivity contribution in [1.29, 1.82) is 0 Å². The minimum atomic E-state index is -1.24. The lowest BCUT2D eigenvalue weighted by atomic mass is 9.98. The minimum absolute atomic E-state index is 0.243. The van der Waals surface area contributed by atoms with Crippen molar-refractivity contribution in [1.82, 2.24) is 40.4 Å². The first-order valence-corrected chi connectivity index (χ1v) is 8.69. The van der Waals surface area contributed by atoms with Crippen LogP contribution in [0, 0.1) is 0 Å². The van der Waals surface area contributed by atoms with Gasteiger partial charge in [-0.15, -0.1) is 20.4 Å². The fourth-order valence-electron chi connectivity index (χ4n) is 2.88. The third-order valence-corrected chi connectivity index (χ3v) is 4.18. The first-order valence-electron chi connectivity index (χ1n) is 8.69. The van der Waals surface area contributed by atoms with E-state index in [-0.39, 0.29) is 24.7 Å². The molecule has 2 aromatic carbocycles. The number of rotatable bonds is 7. The number of aromatic nitrogens is 8. The maximum absolute atomic E-state index is 11.0. The molecule has 4 aromatic rings. The topological polar surface area (TPSA) is 162 Å². The van der Waals surface area contributed by atoms with E-state index in [1.165, 1.54) is 9.59 Å². The molecule has 12 heteroatoms. The summed E-state index contributed by atoms with van der Waals surface area (Å²) in [6.07, 6.45) is 0. The summed E-state index contributed by atoms with van der Waals surface area (Å²) in [5, 5.41) is 40.0. The lowest BCUT2D eigenvalue weighted by Crippen LogP contribution is -2.07. The highest BCUT2D eigenvalue weighted by Gasteiger charge is 2.13. The number of tetrazole rings is 2. The Kier molecular flexibility index (Phi) is 4.95. The van der Waals surface area contributed by atoms with Crippen molar-refractivity contribution < 1.29 is 19.8 Å². The Balaban J connectivity index is 1.60. The summed E-state index contributed by atoms with van der Waals surface area (Å²) < 4.78 is 0. The number of carboxylic acids is 2. The largest absolute Gasteiger partial charge is 0.475 e. The summed E-state index contributed by atoms with van der Waals surface area (Å²) >= 11 is 0. The molecular formula is C18H14N8O4. The summed E-state index contributed by atoms with van der Waals surface area (Å²) in [6, 6.07) is 15.2. The Morgan fingerprint density at radius 3 is 2.07 bits per heavy atom. The average Bonchev–Trinajstić information content (AvgIpc) is 3.39. The Hall–Kier alpha value is -4.48. The van der Waals surface area contributed by atoms with Gasteiger partial charge in [-0.05, 0) is 38.7 Å². The maximum Gasteiger partial charge on any atom is 0.377 e. The standard InChI is InChI=1S/C18H14N8O4/c27-17(28)15-19-23-25(21-15)9-11-4-3-6-12(8-11)14-7-2-1-5-13(14)10-26-22-16(18(29)30)20-24-26/h1-8H,9-10H2,(H,27,28)(H,29,30). The molecule has 0 aliphatic rings. The first kappa shape index (κ1) is 18.9. The normalized spacial score (nSPS) is 10.8. The van der Waals surface area contributed by atoms with Gasteiger partial charge in [-0.25, -0.2) is 9.59 Å². The van der Waals surface area contributed by atoms with Crippen LogP contribution in [0.2, 0.25) is 0 Å². The van der Waals surface area contributed by atoms with Crippen LogP contribution in [0.25, 0.3) is 11.1 Å². The van der Waals surface area contributed by atoms with E-state index in [9.17, 15) is 9.59 Å². The third-order valence-electron chi connectivity index (χ3n) is 4.18. The van der Waals surface area contributed by atoms with Gasteiger partial charge in [0.25, 0.3) is 11.6 Å². The predicted octanol–water partition coefficient (Wildman–Crippen LogP) is 0.820. The Labute approximate surface area is 168 Å². The monoisotopic (exact) mass is 406 g/mol. The molecule has 12 nitrogen and oxygen atoms in total. The lowest BCUT2D eigenvalue weighted by molar-refractivity contribution is 0.0672. The van der Waals surface area contributed by atoms with Gasteiger partial charge in [-0.2, -0.15) is 9.59 Å². The second kappa shape index (κ2) is 7.87. The Morgan fingerprint density at radius 1 is 0.800 bits per heavy atom. The second-order valence-corrected chi connectivity index (χ2v) is 6.25.